The minimum atomic E-state index is -0.257. The molecule has 0 amide bonds. The molecule has 0 unspecified atom stereocenters. The average Bonchev–Trinajstić information content (AvgIpc) is 2.40. The molecule has 0 saturated carbocycles. The minimum Gasteiger partial charge on any atom is -0.356 e. The summed E-state index contributed by atoms with van der Waals surface area (Å²) < 4.78 is 13.2. The fourth-order valence-corrected chi connectivity index (χ4v) is 2.63. The molecule has 1 aliphatic heterocycles. The number of hydrogen-bond donors (Lipinski definition) is 1. The van der Waals surface area contributed by atoms with Crippen molar-refractivity contribution in [1.29, 1.82) is 0 Å². The summed E-state index contributed by atoms with van der Waals surface area (Å²) >= 11 is 0. The molecular formula is C14H22FN3. The monoisotopic (exact) mass is 251 g/mol. The summed E-state index contributed by atoms with van der Waals surface area (Å²) in [6.07, 6.45) is 5.01. The van der Waals surface area contributed by atoms with E-state index in [1.807, 2.05) is 7.05 Å². The summed E-state index contributed by atoms with van der Waals surface area (Å²) in [6.45, 7) is 4.98. The van der Waals surface area contributed by atoms with Gasteiger partial charge in [-0.05, 0) is 31.9 Å². The smallest absolute Gasteiger partial charge is 0.141 e. The SMILES string of the molecule is CCC1CCN(c2ncc(F)cc2CNC)CC1. The molecule has 0 radical (unpaired) electrons. The van der Waals surface area contributed by atoms with Crippen LogP contribution in [0, 0.1) is 11.7 Å². The number of aromatic nitrogens is 1. The highest BCUT2D eigenvalue weighted by atomic mass is 19.1. The second-order valence-electron chi connectivity index (χ2n) is 5.01. The quantitative estimate of drug-likeness (QED) is 0.891. The molecule has 2 heterocycles. The summed E-state index contributed by atoms with van der Waals surface area (Å²) in [4.78, 5) is 6.57. The Hall–Kier alpha value is -1.16. The topological polar surface area (TPSA) is 28.2 Å². The molecular weight excluding hydrogens is 229 g/mol. The van der Waals surface area contributed by atoms with E-state index in [9.17, 15) is 4.39 Å². The van der Waals surface area contributed by atoms with E-state index < -0.39 is 0 Å². The molecule has 1 N–H and O–H groups in total. The Morgan fingerprint density at radius 2 is 2.17 bits per heavy atom. The summed E-state index contributed by atoms with van der Waals surface area (Å²) in [6, 6.07) is 1.59. The van der Waals surface area contributed by atoms with Gasteiger partial charge in [0.2, 0.25) is 0 Å². The molecule has 0 spiro atoms. The molecule has 3 nitrogen and oxygen atoms in total. The summed E-state index contributed by atoms with van der Waals surface area (Å²) in [7, 11) is 1.87. The van der Waals surface area contributed by atoms with E-state index in [0.29, 0.717) is 6.54 Å². The highest BCUT2D eigenvalue weighted by Gasteiger charge is 2.20. The van der Waals surface area contributed by atoms with Crippen LogP contribution in [0.15, 0.2) is 12.3 Å². The third kappa shape index (κ3) is 2.99. The normalized spacial score (nSPS) is 17.2. The van der Waals surface area contributed by atoms with Crippen LogP contribution in [0.25, 0.3) is 0 Å². The lowest BCUT2D eigenvalue weighted by molar-refractivity contribution is 0.393. The van der Waals surface area contributed by atoms with E-state index in [0.717, 1.165) is 30.4 Å². The van der Waals surface area contributed by atoms with E-state index in [2.05, 4.69) is 22.1 Å². The van der Waals surface area contributed by atoms with Gasteiger partial charge in [-0.15, -0.1) is 0 Å². The van der Waals surface area contributed by atoms with Crippen LogP contribution in [-0.4, -0.2) is 25.1 Å². The Morgan fingerprint density at radius 3 is 2.78 bits per heavy atom. The van der Waals surface area contributed by atoms with Crippen LogP contribution in [0.4, 0.5) is 10.2 Å². The Kier molecular flexibility index (Phi) is 4.53. The number of rotatable bonds is 4. The Labute approximate surface area is 108 Å². The number of piperidine rings is 1. The molecule has 0 aliphatic carbocycles. The van der Waals surface area contributed by atoms with Crippen LogP contribution in [0.2, 0.25) is 0 Å². The summed E-state index contributed by atoms with van der Waals surface area (Å²) in [5, 5.41) is 3.08. The molecule has 1 aromatic rings. The Bertz CT molecular complexity index is 387. The van der Waals surface area contributed by atoms with Crippen LogP contribution in [0.1, 0.15) is 31.7 Å². The Balaban J connectivity index is 2.13. The molecule has 1 saturated heterocycles. The van der Waals surface area contributed by atoms with Gasteiger partial charge >= 0.3 is 0 Å². The lowest BCUT2D eigenvalue weighted by Crippen LogP contribution is -2.35. The maximum atomic E-state index is 13.2. The molecule has 0 bridgehead atoms. The molecule has 0 aromatic carbocycles. The zero-order valence-corrected chi connectivity index (χ0v) is 11.2. The van der Waals surface area contributed by atoms with E-state index in [4.69, 9.17) is 0 Å². The van der Waals surface area contributed by atoms with E-state index in [-0.39, 0.29) is 5.82 Å². The number of anilines is 1. The largest absolute Gasteiger partial charge is 0.356 e. The highest BCUT2D eigenvalue weighted by Crippen LogP contribution is 2.26. The van der Waals surface area contributed by atoms with Crippen LogP contribution >= 0.6 is 0 Å². The molecule has 100 valence electrons. The van der Waals surface area contributed by atoms with Crippen LogP contribution < -0.4 is 10.2 Å². The van der Waals surface area contributed by atoms with Gasteiger partial charge < -0.3 is 10.2 Å². The second kappa shape index (κ2) is 6.14. The van der Waals surface area contributed by atoms with Crippen LogP contribution in [-0.2, 0) is 6.54 Å². The van der Waals surface area contributed by atoms with Gasteiger partial charge in [0, 0.05) is 25.2 Å². The lowest BCUT2D eigenvalue weighted by atomic mass is 9.94. The first-order valence-corrected chi connectivity index (χ1v) is 6.78. The maximum absolute atomic E-state index is 13.2. The summed E-state index contributed by atoms with van der Waals surface area (Å²) in [5.41, 5.74) is 0.951. The fraction of sp³-hybridized carbons (Fsp3) is 0.643. The van der Waals surface area contributed by atoms with Crippen molar-refractivity contribution in [2.75, 3.05) is 25.0 Å². The van der Waals surface area contributed by atoms with Gasteiger partial charge in [-0.1, -0.05) is 13.3 Å². The molecule has 4 heteroatoms. The van der Waals surface area contributed by atoms with Crippen molar-refractivity contribution in [2.45, 2.75) is 32.7 Å². The number of pyridine rings is 1. The van der Waals surface area contributed by atoms with Crippen molar-refractivity contribution in [2.24, 2.45) is 5.92 Å². The molecule has 2 rings (SSSR count). The van der Waals surface area contributed by atoms with Gasteiger partial charge in [0.25, 0.3) is 0 Å². The second-order valence-corrected chi connectivity index (χ2v) is 5.01. The third-order valence-electron chi connectivity index (χ3n) is 3.77. The van der Waals surface area contributed by atoms with Crippen molar-refractivity contribution in [3.05, 3.63) is 23.6 Å². The molecule has 18 heavy (non-hydrogen) atoms. The van der Waals surface area contributed by atoms with Crippen molar-refractivity contribution in [3.63, 3.8) is 0 Å². The zero-order chi connectivity index (χ0) is 13.0. The first kappa shape index (κ1) is 13.3. The van der Waals surface area contributed by atoms with Crippen molar-refractivity contribution >= 4 is 5.82 Å². The standard InChI is InChI=1S/C14H22FN3/c1-3-11-4-6-18(7-5-11)14-12(9-16-2)8-13(15)10-17-14/h8,10-11,16H,3-7,9H2,1-2H3. The van der Waals surface area contributed by atoms with Crippen LogP contribution in [0.3, 0.4) is 0 Å². The predicted octanol–water partition coefficient (Wildman–Crippen LogP) is 2.57. The zero-order valence-electron chi connectivity index (χ0n) is 11.2. The first-order chi connectivity index (χ1) is 8.74. The fourth-order valence-electron chi connectivity index (χ4n) is 2.63. The van der Waals surface area contributed by atoms with Gasteiger partial charge in [-0.3, -0.25) is 0 Å². The molecule has 1 fully saturated rings. The Morgan fingerprint density at radius 1 is 1.44 bits per heavy atom. The van der Waals surface area contributed by atoms with E-state index >= 15 is 0 Å². The highest BCUT2D eigenvalue weighted by molar-refractivity contribution is 5.47. The number of nitrogens with one attached hydrogen (secondary N) is 1. The lowest BCUT2D eigenvalue weighted by Gasteiger charge is -2.33. The van der Waals surface area contributed by atoms with Gasteiger partial charge in [-0.25, -0.2) is 9.37 Å². The number of nitrogens with zero attached hydrogens (tertiary/aromatic N) is 2. The third-order valence-corrected chi connectivity index (χ3v) is 3.77. The van der Waals surface area contributed by atoms with Gasteiger partial charge in [0.15, 0.2) is 0 Å². The molecule has 1 aromatic heterocycles. The molecule has 1 aliphatic rings. The molecule has 0 atom stereocenters. The number of hydrogen-bond acceptors (Lipinski definition) is 3. The van der Waals surface area contributed by atoms with Crippen LogP contribution in [0.5, 0.6) is 0 Å². The maximum Gasteiger partial charge on any atom is 0.141 e. The van der Waals surface area contributed by atoms with Crippen molar-refractivity contribution in [1.82, 2.24) is 10.3 Å². The predicted molar refractivity (Wildman–Crippen MR) is 72.2 cm³/mol. The summed E-state index contributed by atoms with van der Waals surface area (Å²) in [5.74, 6) is 1.53. The average molecular weight is 251 g/mol. The van der Waals surface area contributed by atoms with Gasteiger partial charge in [-0.2, -0.15) is 0 Å². The van der Waals surface area contributed by atoms with Crippen molar-refractivity contribution < 1.29 is 4.39 Å². The van der Waals surface area contributed by atoms with Gasteiger partial charge in [0.05, 0.1) is 6.20 Å². The first-order valence-electron chi connectivity index (χ1n) is 6.78. The van der Waals surface area contributed by atoms with Crippen molar-refractivity contribution in [3.8, 4) is 0 Å². The minimum absolute atomic E-state index is 0.257. The van der Waals surface area contributed by atoms with E-state index in [1.165, 1.54) is 25.5 Å². The number of halogens is 1. The van der Waals surface area contributed by atoms with E-state index in [1.54, 1.807) is 6.07 Å². The van der Waals surface area contributed by atoms with Gasteiger partial charge in [0.1, 0.15) is 11.6 Å².